The van der Waals surface area contributed by atoms with E-state index in [9.17, 15) is 0 Å². The van der Waals surface area contributed by atoms with Gasteiger partial charge in [0.15, 0.2) is 6.29 Å². The van der Waals surface area contributed by atoms with Crippen LogP contribution in [0.15, 0.2) is 254 Å². The molecular formula is C63H45N5. The SMILES string of the molecule is c1ccc(-c2ccc(C3=NC(c4cccc(-c5ccccc5)c4)NC(n4c5ccccc5c5cc6c7ccccc7n(-c7ccc(-c8ccccc8)cc7-c7ccccc7)c6cc54)N3)cc2)cc1. The van der Waals surface area contributed by atoms with Crippen molar-refractivity contribution in [3.63, 3.8) is 0 Å². The van der Waals surface area contributed by atoms with Crippen LogP contribution in [-0.4, -0.2) is 15.0 Å². The van der Waals surface area contributed by atoms with Crippen molar-refractivity contribution in [2.75, 3.05) is 0 Å². The lowest BCUT2D eigenvalue weighted by atomic mass is 9.97. The van der Waals surface area contributed by atoms with Crippen LogP contribution in [-0.2, 0) is 0 Å². The van der Waals surface area contributed by atoms with E-state index >= 15 is 0 Å². The van der Waals surface area contributed by atoms with E-state index in [1.807, 2.05) is 0 Å². The quantitative estimate of drug-likeness (QED) is 0.160. The fourth-order valence-electron chi connectivity index (χ4n) is 10.4. The van der Waals surface area contributed by atoms with Gasteiger partial charge in [0, 0.05) is 32.7 Å². The maximum Gasteiger partial charge on any atom is 0.162 e. The van der Waals surface area contributed by atoms with Crippen LogP contribution in [0.2, 0.25) is 0 Å². The predicted molar refractivity (Wildman–Crippen MR) is 283 cm³/mol. The van der Waals surface area contributed by atoms with Crippen molar-refractivity contribution < 1.29 is 0 Å². The van der Waals surface area contributed by atoms with E-state index in [0.29, 0.717) is 0 Å². The normalized spacial score (nSPS) is 14.9. The highest BCUT2D eigenvalue weighted by atomic mass is 15.4. The third-order valence-electron chi connectivity index (χ3n) is 13.6. The van der Waals surface area contributed by atoms with Gasteiger partial charge in [-0.1, -0.05) is 206 Å². The Labute approximate surface area is 394 Å². The molecule has 2 aromatic heterocycles. The summed E-state index contributed by atoms with van der Waals surface area (Å²) in [6.45, 7) is 0. The topological polar surface area (TPSA) is 46.3 Å². The molecule has 2 N–H and O–H groups in total. The molecule has 0 fully saturated rings. The Hall–Kier alpha value is -8.77. The molecule has 0 spiro atoms. The molecule has 0 radical (unpaired) electrons. The van der Waals surface area contributed by atoms with Gasteiger partial charge in [0.2, 0.25) is 0 Å². The Morgan fingerprint density at radius 3 is 1.51 bits per heavy atom. The number of aliphatic imine (C=N–C) groups is 1. The summed E-state index contributed by atoms with van der Waals surface area (Å²) in [5, 5.41) is 12.8. The molecule has 2 unspecified atom stereocenters. The second-order valence-corrected chi connectivity index (χ2v) is 17.6. The third kappa shape index (κ3) is 6.88. The van der Waals surface area contributed by atoms with E-state index in [1.165, 1.54) is 60.5 Å². The molecule has 10 aromatic carbocycles. The van der Waals surface area contributed by atoms with Gasteiger partial charge >= 0.3 is 0 Å². The van der Waals surface area contributed by atoms with E-state index in [1.54, 1.807) is 0 Å². The number of rotatable bonds is 8. The lowest BCUT2D eigenvalue weighted by Crippen LogP contribution is -2.47. The summed E-state index contributed by atoms with van der Waals surface area (Å²) in [4.78, 5) is 5.46. The van der Waals surface area contributed by atoms with Crippen LogP contribution in [0.1, 0.15) is 23.6 Å². The summed E-state index contributed by atoms with van der Waals surface area (Å²) in [5.41, 5.74) is 17.2. The van der Waals surface area contributed by atoms with Gasteiger partial charge in [-0.2, -0.15) is 0 Å². The first-order valence-electron chi connectivity index (χ1n) is 23.3. The fraction of sp³-hybridized carbons (Fsp3) is 0.0317. The van der Waals surface area contributed by atoms with Gasteiger partial charge in [0.05, 0.1) is 27.8 Å². The maximum absolute atomic E-state index is 5.46. The van der Waals surface area contributed by atoms with Gasteiger partial charge in [0.25, 0.3) is 0 Å². The Morgan fingerprint density at radius 1 is 0.338 bits per heavy atom. The standard InChI is InChI=1S/C63H45N5/c1-5-18-42(19-6-1)45-32-34-47(35-33-45)61-64-62(50-27-17-26-48(38-50)43-20-7-2-8-21-43)66-63(65-61)68-57-31-16-14-29-52(57)55-40-54-51-28-13-15-30-56(51)67(59(54)41-60(55)68)58-37-36-49(44-22-9-3-10-23-44)39-53(58)46-24-11-4-12-25-46/h1-41,62-63,66H,(H,64,65). The van der Waals surface area contributed by atoms with Crippen molar-refractivity contribution in [1.29, 1.82) is 0 Å². The number of aromatic nitrogens is 2. The summed E-state index contributed by atoms with van der Waals surface area (Å²) in [7, 11) is 0. The molecule has 322 valence electrons. The minimum atomic E-state index is -0.371. The molecule has 0 bridgehead atoms. The molecule has 1 aliphatic heterocycles. The summed E-state index contributed by atoms with van der Waals surface area (Å²) >= 11 is 0. The predicted octanol–water partition coefficient (Wildman–Crippen LogP) is 15.4. The second kappa shape index (κ2) is 16.6. The molecule has 0 aliphatic carbocycles. The van der Waals surface area contributed by atoms with Crippen LogP contribution >= 0.6 is 0 Å². The van der Waals surface area contributed by atoms with Crippen LogP contribution in [0.5, 0.6) is 0 Å². The number of benzene rings is 10. The zero-order valence-electron chi connectivity index (χ0n) is 37.2. The summed E-state index contributed by atoms with van der Waals surface area (Å²) in [5.74, 6) is 0.829. The second-order valence-electron chi connectivity index (χ2n) is 17.6. The van der Waals surface area contributed by atoms with Crippen LogP contribution in [0.3, 0.4) is 0 Å². The lowest BCUT2D eigenvalue weighted by Gasteiger charge is -2.33. The number of nitrogens with one attached hydrogen (secondary N) is 2. The summed E-state index contributed by atoms with van der Waals surface area (Å²) < 4.78 is 4.92. The monoisotopic (exact) mass is 871 g/mol. The number of nitrogens with zero attached hydrogens (tertiary/aromatic N) is 3. The first kappa shape index (κ1) is 39.6. The van der Waals surface area contributed by atoms with Crippen molar-refractivity contribution in [2.24, 2.45) is 4.99 Å². The van der Waals surface area contributed by atoms with Gasteiger partial charge in [-0.15, -0.1) is 0 Å². The zero-order valence-corrected chi connectivity index (χ0v) is 37.2. The zero-order chi connectivity index (χ0) is 45.0. The van der Waals surface area contributed by atoms with E-state index in [0.717, 1.165) is 50.3 Å². The van der Waals surface area contributed by atoms with Gasteiger partial charge in [-0.25, -0.2) is 4.99 Å². The van der Waals surface area contributed by atoms with E-state index < -0.39 is 0 Å². The third-order valence-corrected chi connectivity index (χ3v) is 13.6. The van der Waals surface area contributed by atoms with E-state index in [2.05, 4.69) is 268 Å². The highest BCUT2D eigenvalue weighted by Crippen LogP contribution is 2.42. The number of fused-ring (bicyclic) bond motifs is 6. The minimum Gasteiger partial charge on any atom is -0.337 e. The number of hydrogen-bond acceptors (Lipinski definition) is 3. The summed E-state index contributed by atoms with van der Waals surface area (Å²) in [6.07, 6.45) is -0.721. The number of hydrogen-bond donors (Lipinski definition) is 2. The molecule has 0 saturated heterocycles. The Kier molecular flexibility index (Phi) is 9.66. The average Bonchev–Trinajstić information content (AvgIpc) is 3.92. The molecule has 1 aliphatic rings. The molecule has 3 heterocycles. The Morgan fingerprint density at radius 2 is 0.838 bits per heavy atom. The maximum atomic E-state index is 5.46. The van der Waals surface area contributed by atoms with Gasteiger partial charge in [-0.05, 0) is 87.0 Å². The van der Waals surface area contributed by atoms with Crippen molar-refractivity contribution in [2.45, 2.75) is 12.5 Å². The first-order chi connectivity index (χ1) is 33.7. The molecule has 13 rings (SSSR count). The highest BCUT2D eigenvalue weighted by Gasteiger charge is 2.29. The van der Waals surface area contributed by atoms with Gasteiger partial charge < -0.3 is 14.5 Å². The molecule has 0 amide bonds. The first-order valence-corrected chi connectivity index (χ1v) is 23.3. The molecule has 2 atom stereocenters. The van der Waals surface area contributed by atoms with Gasteiger partial charge in [-0.3, -0.25) is 5.32 Å². The molecule has 0 saturated carbocycles. The molecular weight excluding hydrogens is 827 g/mol. The largest absolute Gasteiger partial charge is 0.337 e. The fourth-order valence-corrected chi connectivity index (χ4v) is 10.4. The number of para-hydroxylation sites is 2. The van der Waals surface area contributed by atoms with Crippen molar-refractivity contribution in [3.05, 3.63) is 260 Å². The lowest BCUT2D eigenvalue weighted by molar-refractivity contribution is 0.329. The van der Waals surface area contributed by atoms with Crippen molar-refractivity contribution >= 4 is 49.4 Å². The minimum absolute atomic E-state index is 0.350. The van der Waals surface area contributed by atoms with Crippen LogP contribution < -0.4 is 10.6 Å². The average molecular weight is 872 g/mol. The Balaban J connectivity index is 1.02. The van der Waals surface area contributed by atoms with Crippen LogP contribution in [0, 0.1) is 0 Å². The highest BCUT2D eigenvalue weighted by molar-refractivity contribution is 6.19. The van der Waals surface area contributed by atoms with E-state index in [4.69, 9.17) is 4.99 Å². The van der Waals surface area contributed by atoms with Crippen molar-refractivity contribution in [3.8, 4) is 50.2 Å². The van der Waals surface area contributed by atoms with Crippen molar-refractivity contribution in [1.82, 2.24) is 19.8 Å². The molecule has 68 heavy (non-hydrogen) atoms. The van der Waals surface area contributed by atoms with Crippen LogP contribution in [0.4, 0.5) is 0 Å². The smallest absolute Gasteiger partial charge is 0.162 e. The molecule has 5 nitrogen and oxygen atoms in total. The van der Waals surface area contributed by atoms with E-state index in [-0.39, 0.29) is 12.5 Å². The number of amidine groups is 1. The molecule has 12 aromatic rings. The Bertz CT molecular complexity index is 3830. The summed E-state index contributed by atoms with van der Waals surface area (Å²) in [6, 6.07) is 89.6. The van der Waals surface area contributed by atoms with Gasteiger partial charge in [0.1, 0.15) is 12.0 Å². The molecule has 5 heteroatoms. The van der Waals surface area contributed by atoms with Crippen LogP contribution in [0.25, 0.3) is 93.8 Å².